The van der Waals surface area contributed by atoms with Crippen LogP contribution in [0.2, 0.25) is 5.15 Å². The second-order valence-corrected chi connectivity index (χ2v) is 6.75. The third kappa shape index (κ3) is 6.09. The molecule has 1 aromatic carbocycles. The molecular formula is C21H25ClN6. The van der Waals surface area contributed by atoms with Gasteiger partial charge in [-0.15, -0.1) is 0 Å². The third-order valence-electron chi connectivity index (χ3n) is 4.42. The molecule has 6 nitrogen and oxygen atoms in total. The molecule has 2 heterocycles. The van der Waals surface area contributed by atoms with Crippen LogP contribution >= 0.6 is 11.6 Å². The van der Waals surface area contributed by atoms with E-state index >= 15 is 0 Å². The van der Waals surface area contributed by atoms with Crippen molar-refractivity contribution in [3.05, 3.63) is 83.2 Å². The molecular weight excluding hydrogens is 372 g/mol. The molecule has 0 aliphatic heterocycles. The number of guanidine groups is 1. The van der Waals surface area contributed by atoms with E-state index in [1.54, 1.807) is 19.3 Å². The van der Waals surface area contributed by atoms with Crippen molar-refractivity contribution in [2.24, 2.45) is 4.99 Å². The van der Waals surface area contributed by atoms with Crippen molar-refractivity contribution in [3.8, 4) is 0 Å². The molecule has 0 fully saturated rings. The van der Waals surface area contributed by atoms with Crippen molar-refractivity contribution in [2.75, 3.05) is 13.6 Å². The van der Waals surface area contributed by atoms with Gasteiger partial charge in [-0.05, 0) is 30.0 Å². The maximum Gasteiger partial charge on any atom is 0.191 e. The Hall–Kier alpha value is -2.86. The van der Waals surface area contributed by atoms with E-state index < -0.39 is 0 Å². The summed E-state index contributed by atoms with van der Waals surface area (Å²) in [4.78, 5) is 12.8. The highest BCUT2D eigenvalue weighted by Gasteiger charge is 2.05. The number of aryl methyl sites for hydroxylation is 2. The smallest absolute Gasteiger partial charge is 0.191 e. The molecule has 0 amide bonds. The van der Waals surface area contributed by atoms with Crippen LogP contribution in [0.15, 0.2) is 66.0 Å². The molecule has 0 aliphatic rings. The van der Waals surface area contributed by atoms with Crippen molar-refractivity contribution in [3.63, 3.8) is 0 Å². The standard InChI is InChI=1S/C21H25ClN6/c1-23-21(25-11-9-18-7-8-19(22)26-15-18)27-16-20-24-12-14-28(20)13-10-17-5-3-2-4-6-17/h2-8,12,14-15H,9-11,13,16H2,1H3,(H2,23,25,27). The lowest BCUT2D eigenvalue weighted by Crippen LogP contribution is -2.38. The van der Waals surface area contributed by atoms with Gasteiger partial charge in [-0.25, -0.2) is 9.97 Å². The maximum atomic E-state index is 5.81. The zero-order valence-electron chi connectivity index (χ0n) is 16.0. The minimum Gasteiger partial charge on any atom is -0.356 e. The van der Waals surface area contributed by atoms with Crippen LogP contribution in [-0.4, -0.2) is 34.1 Å². The van der Waals surface area contributed by atoms with Crippen LogP contribution in [0, 0.1) is 0 Å². The summed E-state index contributed by atoms with van der Waals surface area (Å²) in [6.45, 7) is 2.27. The molecule has 0 atom stereocenters. The summed E-state index contributed by atoms with van der Waals surface area (Å²) >= 11 is 5.81. The lowest BCUT2D eigenvalue weighted by molar-refractivity contribution is 0.634. The van der Waals surface area contributed by atoms with Crippen LogP contribution in [0.1, 0.15) is 17.0 Å². The number of hydrogen-bond acceptors (Lipinski definition) is 3. The van der Waals surface area contributed by atoms with E-state index in [2.05, 4.69) is 54.4 Å². The first-order valence-electron chi connectivity index (χ1n) is 9.33. The molecule has 0 saturated carbocycles. The highest BCUT2D eigenvalue weighted by molar-refractivity contribution is 6.29. The lowest BCUT2D eigenvalue weighted by atomic mass is 10.1. The number of pyridine rings is 1. The Morgan fingerprint density at radius 1 is 1.04 bits per heavy atom. The van der Waals surface area contributed by atoms with Crippen LogP contribution in [0.3, 0.4) is 0 Å². The van der Waals surface area contributed by atoms with Gasteiger partial charge in [-0.1, -0.05) is 48.0 Å². The summed E-state index contributed by atoms with van der Waals surface area (Å²) in [5.74, 6) is 1.74. The quantitative estimate of drug-likeness (QED) is 0.349. The average molecular weight is 397 g/mol. The lowest BCUT2D eigenvalue weighted by Gasteiger charge is -2.13. The highest BCUT2D eigenvalue weighted by atomic mass is 35.5. The number of imidazole rings is 1. The highest BCUT2D eigenvalue weighted by Crippen LogP contribution is 2.06. The number of nitrogens with zero attached hydrogens (tertiary/aromatic N) is 4. The first-order valence-corrected chi connectivity index (χ1v) is 9.71. The van der Waals surface area contributed by atoms with E-state index in [9.17, 15) is 0 Å². The van der Waals surface area contributed by atoms with Crippen LogP contribution in [0.25, 0.3) is 0 Å². The molecule has 7 heteroatoms. The molecule has 0 radical (unpaired) electrons. The molecule has 2 N–H and O–H groups in total. The first-order chi connectivity index (χ1) is 13.7. The Bertz CT molecular complexity index is 873. The van der Waals surface area contributed by atoms with Gasteiger partial charge in [0.15, 0.2) is 5.96 Å². The van der Waals surface area contributed by atoms with Gasteiger partial charge in [-0.3, -0.25) is 4.99 Å². The molecule has 3 aromatic rings. The summed E-state index contributed by atoms with van der Waals surface area (Å²) in [6.07, 6.45) is 7.47. The van der Waals surface area contributed by atoms with E-state index in [4.69, 9.17) is 11.6 Å². The van der Waals surface area contributed by atoms with E-state index in [-0.39, 0.29) is 0 Å². The van der Waals surface area contributed by atoms with Crippen molar-refractivity contribution in [1.82, 2.24) is 25.2 Å². The molecule has 146 valence electrons. The zero-order chi connectivity index (χ0) is 19.6. The summed E-state index contributed by atoms with van der Waals surface area (Å²) in [7, 11) is 1.76. The summed E-state index contributed by atoms with van der Waals surface area (Å²) in [5, 5.41) is 7.15. The third-order valence-corrected chi connectivity index (χ3v) is 4.64. The molecule has 0 aliphatic carbocycles. The van der Waals surface area contributed by atoms with E-state index in [1.807, 2.05) is 24.5 Å². The number of halogens is 1. The van der Waals surface area contributed by atoms with E-state index in [0.717, 1.165) is 43.3 Å². The van der Waals surface area contributed by atoms with Crippen LogP contribution in [-0.2, 0) is 25.9 Å². The van der Waals surface area contributed by atoms with Gasteiger partial charge in [0, 0.05) is 38.7 Å². The predicted molar refractivity (Wildman–Crippen MR) is 114 cm³/mol. The monoisotopic (exact) mass is 396 g/mol. The number of hydrogen-bond donors (Lipinski definition) is 2. The molecule has 0 unspecified atom stereocenters. The maximum absolute atomic E-state index is 5.81. The molecule has 0 bridgehead atoms. The van der Waals surface area contributed by atoms with Crippen molar-refractivity contribution in [2.45, 2.75) is 25.9 Å². The first kappa shape index (κ1) is 19.9. The van der Waals surface area contributed by atoms with Crippen LogP contribution in [0.4, 0.5) is 0 Å². The van der Waals surface area contributed by atoms with Gasteiger partial charge in [0.1, 0.15) is 11.0 Å². The molecule has 3 rings (SSSR count). The van der Waals surface area contributed by atoms with E-state index in [1.165, 1.54) is 5.56 Å². The summed E-state index contributed by atoms with van der Waals surface area (Å²) in [5.41, 5.74) is 2.45. The van der Waals surface area contributed by atoms with Gasteiger partial charge in [0.05, 0.1) is 6.54 Å². The minimum absolute atomic E-state index is 0.511. The normalized spacial score (nSPS) is 11.4. The Kier molecular flexibility index (Phi) is 7.44. The number of aromatic nitrogens is 3. The Labute approximate surface area is 170 Å². The van der Waals surface area contributed by atoms with E-state index in [0.29, 0.717) is 11.7 Å². The topological polar surface area (TPSA) is 67.1 Å². The number of rotatable bonds is 8. The van der Waals surface area contributed by atoms with Crippen molar-refractivity contribution >= 4 is 17.6 Å². The predicted octanol–water partition coefficient (Wildman–Crippen LogP) is 3.08. The Morgan fingerprint density at radius 2 is 1.89 bits per heavy atom. The zero-order valence-corrected chi connectivity index (χ0v) is 16.7. The Morgan fingerprint density at radius 3 is 2.64 bits per heavy atom. The number of nitrogens with one attached hydrogen (secondary N) is 2. The van der Waals surface area contributed by atoms with Crippen molar-refractivity contribution < 1.29 is 0 Å². The number of aliphatic imine (C=N–C) groups is 1. The fourth-order valence-corrected chi connectivity index (χ4v) is 2.98. The van der Waals surface area contributed by atoms with Gasteiger partial charge < -0.3 is 15.2 Å². The Balaban J connectivity index is 1.45. The SMILES string of the molecule is CN=C(NCCc1ccc(Cl)nc1)NCc1nccn1CCc1ccccc1. The van der Waals surface area contributed by atoms with Crippen LogP contribution in [0.5, 0.6) is 0 Å². The second kappa shape index (κ2) is 10.5. The van der Waals surface area contributed by atoms with Gasteiger partial charge in [0.2, 0.25) is 0 Å². The largest absolute Gasteiger partial charge is 0.356 e. The average Bonchev–Trinajstić information content (AvgIpc) is 3.18. The molecule has 0 spiro atoms. The fraction of sp³-hybridized carbons (Fsp3) is 0.286. The van der Waals surface area contributed by atoms with Gasteiger partial charge in [0.25, 0.3) is 0 Å². The fourth-order valence-electron chi connectivity index (χ4n) is 2.87. The van der Waals surface area contributed by atoms with Gasteiger partial charge >= 0.3 is 0 Å². The summed E-state index contributed by atoms with van der Waals surface area (Å²) < 4.78 is 2.17. The van der Waals surface area contributed by atoms with Crippen molar-refractivity contribution in [1.29, 1.82) is 0 Å². The minimum atomic E-state index is 0.511. The van der Waals surface area contributed by atoms with Gasteiger partial charge in [-0.2, -0.15) is 0 Å². The second-order valence-electron chi connectivity index (χ2n) is 6.36. The summed E-state index contributed by atoms with van der Waals surface area (Å²) in [6, 6.07) is 14.3. The molecule has 2 aromatic heterocycles. The molecule has 0 saturated heterocycles. The number of benzene rings is 1. The molecule has 28 heavy (non-hydrogen) atoms. The van der Waals surface area contributed by atoms with Crippen LogP contribution < -0.4 is 10.6 Å².